The summed E-state index contributed by atoms with van der Waals surface area (Å²) in [4.78, 5) is 18.4. The topological polar surface area (TPSA) is 51.7 Å². The minimum atomic E-state index is -0.462. The minimum Gasteiger partial charge on any atom is -0.490 e. The molecule has 2 atom stereocenters. The number of likely N-dealkylation sites (tertiary alicyclic amines) is 1. The van der Waals surface area contributed by atoms with Gasteiger partial charge in [-0.2, -0.15) is 0 Å². The van der Waals surface area contributed by atoms with Crippen LogP contribution in [0.2, 0.25) is 0 Å². The van der Waals surface area contributed by atoms with Crippen molar-refractivity contribution < 1.29 is 14.3 Å². The van der Waals surface area contributed by atoms with Gasteiger partial charge in [0, 0.05) is 48.9 Å². The van der Waals surface area contributed by atoms with Crippen LogP contribution in [0.4, 0.5) is 4.79 Å². The second kappa shape index (κ2) is 6.77. The number of ether oxygens (including phenoxy) is 2. The Morgan fingerprint density at radius 2 is 1.87 bits per heavy atom. The monoisotopic (exact) mass is 320 g/mol. The van der Waals surface area contributed by atoms with E-state index in [1.807, 2.05) is 53.7 Å². The third kappa shape index (κ3) is 5.12. The van der Waals surface area contributed by atoms with Crippen molar-refractivity contribution in [3.05, 3.63) is 23.5 Å². The predicted octanol–water partition coefficient (Wildman–Crippen LogP) is 3.87. The summed E-state index contributed by atoms with van der Waals surface area (Å²) in [6.07, 6.45) is 1.49. The Kier molecular flexibility index (Phi) is 5.17. The Bertz CT molecular complexity index is 546. The van der Waals surface area contributed by atoms with E-state index in [1.165, 1.54) is 0 Å². The third-order valence-corrected chi connectivity index (χ3v) is 3.81. The van der Waals surface area contributed by atoms with Crippen LogP contribution in [-0.4, -0.2) is 40.3 Å². The lowest BCUT2D eigenvalue weighted by Crippen LogP contribution is -2.49. The van der Waals surface area contributed by atoms with E-state index in [-0.39, 0.29) is 18.2 Å². The normalized spacial score (nSPS) is 21.9. The van der Waals surface area contributed by atoms with Gasteiger partial charge in [0.2, 0.25) is 0 Å². The molecule has 0 saturated carbocycles. The number of aromatic nitrogens is 1. The smallest absolute Gasteiger partial charge is 0.410 e. The Hall–Kier alpha value is -1.78. The number of carbonyl (C=O) groups is 1. The van der Waals surface area contributed by atoms with E-state index in [2.05, 4.69) is 4.98 Å². The average molecular weight is 320 g/mol. The van der Waals surface area contributed by atoms with Crippen LogP contribution in [0.3, 0.4) is 0 Å². The number of nitrogens with zero attached hydrogens (tertiary/aromatic N) is 2. The van der Waals surface area contributed by atoms with Crippen LogP contribution in [-0.2, 0) is 4.74 Å². The van der Waals surface area contributed by atoms with Gasteiger partial charge in [0.1, 0.15) is 17.5 Å². The maximum atomic E-state index is 12.2. The van der Waals surface area contributed by atoms with Crippen molar-refractivity contribution in [1.29, 1.82) is 0 Å². The molecule has 0 aromatic carbocycles. The minimum absolute atomic E-state index is 0.104. The maximum Gasteiger partial charge on any atom is 0.410 e. The molecule has 5 heteroatoms. The fourth-order valence-electron chi connectivity index (χ4n) is 2.88. The SMILES string of the molecule is Cc1cc(O[C@H]2CCN(C(=O)OC(C)(C)C)[C@H](C)C2)cc(C)n1. The van der Waals surface area contributed by atoms with Gasteiger partial charge in [-0.1, -0.05) is 0 Å². The Morgan fingerprint density at radius 3 is 2.39 bits per heavy atom. The van der Waals surface area contributed by atoms with Crippen molar-refractivity contribution in [2.24, 2.45) is 0 Å². The average Bonchev–Trinajstić information content (AvgIpc) is 2.34. The Morgan fingerprint density at radius 1 is 1.26 bits per heavy atom. The molecule has 128 valence electrons. The molecule has 0 unspecified atom stereocenters. The van der Waals surface area contributed by atoms with E-state index in [0.717, 1.165) is 30.0 Å². The summed E-state index contributed by atoms with van der Waals surface area (Å²) in [6, 6.07) is 4.02. The van der Waals surface area contributed by atoms with Gasteiger partial charge in [-0.15, -0.1) is 0 Å². The second-order valence-corrected chi connectivity index (χ2v) is 7.37. The second-order valence-electron chi connectivity index (χ2n) is 7.37. The summed E-state index contributed by atoms with van der Waals surface area (Å²) in [5.74, 6) is 0.859. The fourth-order valence-corrected chi connectivity index (χ4v) is 2.88. The molecule has 0 aliphatic carbocycles. The number of amides is 1. The van der Waals surface area contributed by atoms with Crippen molar-refractivity contribution in [3.63, 3.8) is 0 Å². The van der Waals surface area contributed by atoms with Crippen LogP contribution < -0.4 is 4.74 Å². The molecule has 1 aromatic rings. The number of carbonyl (C=O) groups excluding carboxylic acids is 1. The highest BCUT2D eigenvalue weighted by Crippen LogP contribution is 2.25. The van der Waals surface area contributed by atoms with Gasteiger partial charge >= 0.3 is 6.09 Å². The highest BCUT2D eigenvalue weighted by atomic mass is 16.6. The lowest BCUT2D eigenvalue weighted by Gasteiger charge is -2.38. The van der Waals surface area contributed by atoms with Crippen molar-refractivity contribution in [3.8, 4) is 5.75 Å². The first kappa shape index (κ1) is 17.6. The molecule has 0 radical (unpaired) electrons. The van der Waals surface area contributed by atoms with Gasteiger partial charge in [0.15, 0.2) is 0 Å². The predicted molar refractivity (Wildman–Crippen MR) is 89.8 cm³/mol. The molecule has 1 aliphatic heterocycles. The Balaban J connectivity index is 1.94. The number of hydrogen-bond acceptors (Lipinski definition) is 4. The lowest BCUT2D eigenvalue weighted by molar-refractivity contribution is -0.00103. The molecular formula is C18H28N2O3. The molecule has 5 nitrogen and oxygen atoms in total. The van der Waals surface area contributed by atoms with E-state index >= 15 is 0 Å². The summed E-state index contributed by atoms with van der Waals surface area (Å²) >= 11 is 0. The highest BCUT2D eigenvalue weighted by Gasteiger charge is 2.32. The fraction of sp³-hybridized carbons (Fsp3) is 0.667. The van der Waals surface area contributed by atoms with Crippen molar-refractivity contribution in [2.75, 3.05) is 6.54 Å². The molecule has 23 heavy (non-hydrogen) atoms. The number of hydrogen-bond donors (Lipinski definition) is 0. The van der Waals surface area contributed by atoms with Crippen molar-refractivity contribution >= 4 is 6.09 Å². The summed E-state index contributed by atoms with van der Waals surface area (Å²) in [5, 5.41) is 0. The number of pyridine rings is 1. The molecule has 1 amide bonds. The van der Waals surface area contributed by atoms with Gasteiger partial charge < -0.3 is 14.4 Å². The molecule has 2 heterocycles. The summed E-state index contributed by atoms with van der Waals surface area (Å²) in [5.41, 5.74) is 1.45. The zero-order valence-electron chi connectivity index (χ0n) is 15.0. The molecule has 0 N–H and O–H groups in total. The van der Waals surface area contributed by atoms with Crippen molar-refractivity contribution in [2.45, 2.75) is 72.1 Å². The van der Waals surface area contributed by atoms with Gasteiger partial charge in [0.05, 0.1) is 0 Å². The third-order valence-electron chi connectivity index (χ3n) is 3.81. The standard InChI is InChI=1S/C18H28N2O3/c1-12-9-16(10-13(2)19-12)22-15-7-8-20(14(3)11-15)17(21)23-18(4,5)6/h9-10,14-15H,7-8,11H2,1-6H3/t14-,15+/m1/s1. The van der Waals surface area contributed by atoms with Gasteiger partial charge in [-0.05, 0) is 41.5 Å². The molecule has 1 aliphatic rings. The molecule has 1 saturated heterocycles. The lowest BCUT2D eigenvalue weighted by atomic mass is 10.0. The quantitative estimate of drug-likeness (QED) is 0.830. The zero-order valence-corrected chi connectivity index (χ0v) is 15.0. The maximum absolute atomic E-state index is 12.2. The summed E-state index contributed by atoms with van der Waals surface area (Å²) < 4.78 is 11.6. The Labute approximate surface area is 139 Å². The van der Waals surface area contributed by atoms with Gasteiger partial charge in [-0.25, -0.2) is 4.79 Å². The first-order valence-corrected chi connectivity index (χ1v) is 8.25. The van der Waals surface area contributed by atoms with E-state index in [0.29, 0.717) is 6.54 Å². The van der Waals surface area contributed by atoms with E-state index in [9.17, 15) is 4.79 Å². The van der Waals surface area contributed by atoms with Crippen LogP contribution in [0.15, 0.2) is 12.1 Å². The van der Waals surface area contributed by atoms with Crippen LogP contribution in [0.1, 0.15) is 51.9 Å². The summed E-state index contributed by atoms with van der Waals surface area (Å²) in [6.45, 7) is 12.3. The molecule has 1 aromatic heterocycles. The molecule has 0 spiro atoms. The van der Waals surface area contributed by atoms with Crippen LogP contribution >= 0.6 is 0 Å². The van der Waals surface area contributed by atoms with Gasteiger partial charge in [-0.3, -0.25) is 4.98 Å². The molecule has 1 fully saturated rings. The van der Waals surface area contributed by atoms with E-state index < -0.39 is 5.60 Å². The van der Waals surface area contributed by atoms with Crippen LogP contribution in [0.5, 0.6) is 5.75 Å². The highest BCUT2D eigenvalue weighted by molar-refractivity contribution is 5.68. The molecular weight excluding hydrogens is 292 g/mol. The largest absolute Gasteiger partial charge is 0.490 e. The first-order chi connectivity index (χ1) is 10.6. The number of piperidine rings is 1. The number of aryl methyl sites for hydroxylation is 2. The first-order valence-electron chi connectivity index (χ1n) is 8.25. The number of rotatable bonds is 2. The summed E-state index contributed by atoms with van der Waals surface area (Å²) in [7, 11) is 0. The van der Waals surface area contributed by atoms with Gasteiger partial charge in [0.25, 0.3) is 0 Å². The molecule has 0 bridgehead atoms. The van der Waals surface area contributed by atoms with E-state index in [1.54, 1.807) is 4.90 Å². The zero-order chi connectivity index (χ0) is 17.2. The van der Waals surface area contributed by atoms with Crippen molar-refractivity contribution in [1.82, 2.24) is 9.88 Å². The van der Waals surface area contributed by atoms with E-state index in [4.69, 9.17) is 9.47 Å². The molecule has 2 rings (SSSR count). The van der Waals surface area contributed by atoms with Crippen LogP contribution in [0.25, 0.3) is 0 Å². The van der Waals surface area contributed by atoms with Crippen LogP contribution in [0, 0.1) is 13.8 Å².